The zero-order chi connectivity index (χ0) is 23.5. The van der Waals surface area contributed by atoms with Gasteiger partial charge in [-0.25, -0.2) is 15.0 Å². The van der Waals surface area contributed by atoms with Gasteiger partial charge in [0.15, 0.2) is 0 Å². The highest BCUT2D eigenvalue weighted by atomic mass is 35.5. The highest BCUT2D eigenvalue weighted by Crippen LogP contribution is 2.37. The first-order valence-electron chi connectivity index (χ1n) is 10.6. The predicted octanol–water partition coefficient (Wildman–Crippen LogP) is 3.18. The standard InChI is InChI=1S/C21H30ClN5O5/c1-21(2,3)32-20(31)23-10-12-6-7-27(11-12)17-9-16(24-13-4-5-13)14(8-15(17)22)18(28)25-26-19(29)30/h8-9,12-13,24,26H,4-7,10-11H2,1-3H3,(H,23,31)(H,25,28)(H,29,30). The van der Waals surface area contributed by atoms with Crippen molar-refractivity contribution in [2.24, 2.45) is 5.92 Å². The molecule has 11 heteroatoms. The lowest BCUT2D eigenvalue weighted by Crippen LogP contribution is -2.41. The molecular formula is C21H30ClN5O5. The van der Waals surface area contributed by atoms with E-state index in [1.165, 1.54) is 0 Å². The zero-order valence-electron chi connectivity index (χ0n) is 18.5. The molecule has 3 rings (SSSR count). The van der Waals surface area contributed by atoms with Crippen molar-refractivity contribution in [2.75, 3.05) is 29.9 Å². The normalized spacial score (nSPS) is 18.1. The lowest BCUT2D eigenvalue weighted by atomic mass is 10.1. The van der Waals surface area contributed by atoms with Crippen molar-refractivity contribution in [1.82, 2.24) is 16.2 Å². The third kappa shape index (κ3) is 6.81. The molecule has 0 radical (unpaired) electrons. The maximum Gasteiger partial charge on any atom is 0.423 e. The summed E-state index contributed by atoms with van der Waals surface area (Å²) < 4.78 is 5.28. The number of hydrogen-bond acceptors (Lipinski definition) is 6. The number of rotatable bonds is 6. The smallest absolute Gasteiger partial charge is 0.423 e. The van der Waals surface area contributed by atoms with Crippen molar-refractivity contribution in [3.63, 3.8) is 0 Å². The number of amides is 3. The van der Waals surface area contributed by atoms with Gasteiger partial charge in [0.25, 0.3) is 5.91 Å². The number of alkyl carbamates (subject to hydrolysis) is 1. The van der Waals surface area contributed by atoms with Crippen LogP contribution in [-0.2, 0) is 4.74 Å². The molecule has 3 amide bonds. The van der Waals surface area contributed by atoms with Crippen LogP contribution in [0.25, 0.3) is 0 Å². The highest BCUT2D eigenvalue weighted by molar-refractivity contribution is 6.34. The second-order valence-corrected chi connectivity index (χ2v) is 9.54. The number of halogens is 1. The SMILES string of the molecule is CC(C)(C)OC(=O)NCC1CCN(c2cc(NC3CC3)c(C(=O)NNC(=O)O)cc2Cl)C1. The summed E-state index contributed by atoms with van der Waals surface area (Å²) in [6, 6.07) is 3.67. The molecule has 0 aromatic heterocycles. The molecule has 1 aromatic carbocycles. The predicted molar refractivity (Wildman–Crippen MR) is 121 cm³/mol. The molecule has 1 atom stereocenters. The van der Waals surface area contributed by atoms with Crippen molar-refractivity contribution in [3.05, 3.63) is 22.7 Å². The van der Waals surface area contributed by atoms with Gasteiger partial charge in [-0.15, -0.1) is 0 Å². The molecule has 1 aliphatic heterocycles. The molecule has 5 N–H and O–H groups in total. The van der Waals surface area contributed by atoms with Gasteiger partial charge in [0.05, 0.1) is 16.3 Å². The molecule has 10 nitrogen and oxygen atoms in total. The van der Waals surface area contributed by atoms with Crippen LogP contribution in [0.15, 0.2) is 12.1 Å². The summed E-state index contributed by atoms with van der Waals surface area (Å²) in [6.45, 7) is 7.42. The number of anilines is 2. The van der Waals surface area contributed by atoms with Crippen LogP contribution in [0.3, 0.4) is 0 Å². The van der Waals surface area contributed by atoms with Gasteiger partial charge < -0.3 is 25.4 Å². The average molecular weight is 468 g/mol. The number of nitrogens with one attached hydrogen (secondary N) is 4. The van der Waals surface area contributed by atoms with E-state index in [9.17, 15) is 14.4 Å². The number of nitrogens with zero attached hydrogens (tertiary/aromatic N) is 1. The Hall–Kier alpha value is -2.88. The number of ether oxygens (including phenoxy) is 1. The van der Waals surface area contributed by atoms with Crippen LogP contribution in [0.1, 0.15) is 50.4 Å². The van der Waals surface area contributed by atoms with Crippen LogP contribution >= 0.6 is 11.6 Å². The molecule has 2 aliphatic rings. The zero-order valence-corrected chi connectivity index (χ0v) is 19.2. The van der Waals surface area contributed by atoms with E-state index in [0.29, 0.717) is 23.8 Å². The van der Waals surface area contributed by atoms with Crippen molar-refractivity contribution < 1.29 is 24.2 Å². The molecular weight excluding hydrogens is 438 g/mol. The minimum atomic E-state index is -1.36. The molecule has 1 saturated heterocycles. The first-order chi connectivity index (χ1) is 15.0. The van der Waals surface area contributed by atoms with Crippen LogP contribution in [-0.4, -0.2) is 54.5 Å². The molecule has 1 aromatic rings. The summed E-state index contributed by atoms with van der Waals surface area (Å²) in [7, 11) is 0. The van der Waals surface area contributed by atoms with Crippen molar-refractivity contribution in [2.45, 2.75) is 51.7 Å². The summed E-state index contributed by atoms with van der Waals surface area (Å²) in [6.07, 6.45) is 1.10. The number of carbonyl (C=O) groups excluding carboxylic acids is 2. The number of carboxylic acid groups (broad SMARTS) is 1. The van der Waals surface area contributed by atoms with Gasteiger partial charge in [-0.3, -0.25) is 10.2 Å². The van der Waals surface area contributed by atoms with E-state index >= 15 is 0 Å². The number of hydrazine groups is 1. The Morgan fingerprint density at radius 2 is 1.91 bits per heavy atom. The van der Waals surface area contributed by atoms with Gasteiger partial charge >= 0.3 is 12.2 Å². The molecule has 176 valence electrons. The second-order valence-electron chi connectivity index (χ2n) is 9.14. The average Bonchev–Trinajstić information content (AvgIpc) is 3.38. The molecule has 1 aliphatic carbocycles. The van der Waals surface area contributed by atoms with Gasteiger partial charge in [-0.1, -0.05) is 11.6 Å². The fraction of sp³-hybridized carbons (Fsp3) is 0.571. The fourth-order valence-electron chi connectivity index (χ4n) is 3.50. The summed E-state index contributed by atoms with van der Waals surface area (Å²) in [5.41, 5.74) is 5.12. The van der Waals surface area contributed by atoms with Gasteiger partial charge in [-0.2, -0.15) is 0 Å². The van der Waals surface area contributed by atoms with E-state index in [1.807, 2.05) is 32.3 Å². The van der Waals surface area contributed by atoms with Gasteiger partial charge in [0.2, 0.25) is 0 Å². The van der Waals surface area contributed by atoms with Crippen LogP contribution in [0.2, 0.25) is 5.02 Å². The Balaban J connectivity index is 1.67. The number of benzene rings is 1. The minimum Gasteiger partial charge on any atom is -0.464 e. The lowest BCUT2D eigenvalue weighted by Gasteiger charge is -2.23. The molecule has 1 saturated carbocycles. The van der Waals surface area contributed by atoms with Crippen LogP contribution in [0.4, 0.5) is 21.0 Å². The van der Waals surface area contributed by atoms with Crippen LogP contribution < -0.4 is 26.4 Å². The number of carbonyl (C=O) groups is 3. The lowest BCUT2D eigenvalue weighted by molar-refractivity contribution is 0.0520. The van der Waals surface area contributed by atoms with Crippen molar-refractivity contribution in [3.8, 4) is 0 Å². The topological polar surface area (TPSA) is 132 Å². The molecule has 1 unspecified atom stereocenters. The summed E-state index contributed by atoms with van der Waals surface area (Å²) in [5, 5.41) is 15.3. The highest BCUT2D eigenvalue weighted by Gasteiger charge is 2.29. The molecule has 2 fully saturated rings. The summed E-state index contributed by atoms with van der Waals surface area (Å²) in [4.78, 5) is 37.2. The van der Waals surface area contributed by atoms with E-state index < -0.39 is 23.7 Å². The van der Waals surface area contributed by atoms with Gasteiger partial charge in [0.1, 0.15) is 5.60 Å². The third-order valence-electron chi connectivity index (χ3n) is 5.11. The maximum absolute atomic E-state index is 12.5. The first kappa shape index (κ1) is 23.8. The Morgan fingerprint density at radius 1 is 1.19 bits per heavy atom. The van der Waals surface area contributed by atoms with E-state index in [-0.39, 0.29) is 17.5 Å². The first-order valence-corrected chi connectivity index (χ1v) is 11.0. The van der Waals surface area contributed by atoms with Crippen LogP contribution in [0, 0.1) is 5.92 Å². The largest absolute Gasteiger partial charge is 0.464 e. The van der Waals surface area contributed by atoms with Gasteiger partial charge in [-0.05, 0) is 58.1 Å². The Morgan fingerprint density at radius 3 is 2.53 bits per heavy atom. The summed E-state index contributed by atoms with van der Waals surface area (Å²) >= 11 is 6.51. The third-order valence-corrected chi connectivity index (χ3v) is 5.41. The molecule has 1 heterocycles. The van der Waals surface area contributed by atoms with Crippen molar-refractivity contribution in [1.29, 1.82) is 0 Å². The second kappa shape index (κ2) is 9.72. The summed E-state index contributed by atoms with van der Waals surface area (Å²) in [5.74, 6) is -0.356. The molecule has 32 heavy (non-hydrogen) atoms. The minimum absolute atomic E-state index is 0.237. The van der Waals surface area contributed by atoms with E-state index in [0.717, 1.165) is 31.5 Å². The van der Waals surface area contributed by atoms with E-state index in [1.54, 1.807) is 6.07 Å². The fourth-order valence-corrected chi connectivity index (χ4v) is 3.78. The van der Waals surface area contributed by atoms with E-state index in [2.05, 4.69) is 21.0 Å². The Labute approximate surface area is 192 Å². The van der Waals surface area contributed by atoms with Crippen LogP contribution in [0.5, 0.6) is 0 Å². The molecule has 0 bridgehead atoms. The van der Waals surface area contributed by atoms with Gasteiger partial charge in [0, 0.05) is 31.4 Å². The van der Waals surface area contributed by atoms with Crippen molar-refractivity contribution >= 4 is 41.1 Å². The quantitative estimate of drug-likeness (QED) is 0.406. The number of hydrogen-bond donors (Lipinski definition) is 5. The maximum atomic E-state index is 12.5. The Kier molecular flexibility index (Phi) is 7.22. The monoisotopic (exact) mass is 467 g/mol. The molecule has 0 spiro atoms. The van der Waals surface area contributed by atoms with E-state index in [4.69, 9.17) is 21.4 Å². The Bertz CT molecular complexity index is 884.